The van der Waals surface area contributed by atoms with Gasteiger partial charge in [-0.2, -0.15) is 0 Å². The van der Waals surface area contributed by atoms with Crippen molar-refractivity contribution in [3.63, 3.8) is 0 Å². The third-order valence-corrected chi connectivity index (χ3v) is 4.67. The van der Waals surface area contributed by atoms with Gasteiger partial charge in [0.25, 0.3) is 0 Å². The number of hydrogen-bond acceptors (Lipinski definition) is 6. The van der Waals surface area contributed by atoms with Gasteiger partial charge in [0, 0.05) is 19.3 Å². The van der Waals surface area contributed by atoms with Gasteiger partial charge in [-0.25, -0.2) is 9.59 Å². The molecule has 10 heteroatoms. The van der Waals surface area contributed by atoms with Crippen molar-refractivity contribution < 1.29 is 29.0 Å². The zero-order chi connectivity index (χ0) is 22.1. The molecule has 1 heterocycles. The number of carbonyl (C=O) groups is 4. The molecule has 162 valence electrons. The molecule has 2 atom stereocenters. The van der Waals surface area contributed by atoms with Crippen LogP contribution in [-0.2, 0) is 19.1 Å². The highest BCUT2D eigenvalue weighted by Crippen LogP contribution is 2.23. The summed E-state index contributed by atoms with van der Waals surface area (Å²) in [5.41, 5.74) is -0.684. The lowest BCUT2D eigenvalue weighted by atomic mass is 10.2. The molecule has 0 spiro atoms. The molecule has 1 aliphatic rings. The highest BCUT2D eigenvalue weighted by Gasteiger charge is 2.35. The van der Waals surface area contributed by atoms with E-state index in [1.54, 1.807) is 20.8 Å². The van der Waals surface area contributed by atoms with Gasteiger partial charge in [-0.05, 0) is 27.7 Å². The van der Waals surface area contributed by atoms with Crippen LogP contribution in [0.15, 0.2) is 0 Å². The number of carboxylic acid groups (broad SMARTS) is 1. The van der Waals surface area contributed by atoms with E-state index in [0.29, 0.717) is 12.3 Å². The molecule has 0 bridgehead atoms. The average Bonchev–Trinajstić information content (AvgIpc) is 3.07. The maximum absolute atomic E-state index is 12.1. The summed E-state index contributed by atoms with van der Waals surface area (Å²) >= 11 is 1.16. The van der Waals surface area contributed by atoms with Gasteiger partial charge in [-0.15, -0.1) is 11.8 Å². The number of likely N-dealkylation sites (N-methyl/N-ethyl adjacent to an activating group) is 1. The number of thioether (sulfide) groups is 1. The van der Waals surface area contributed by atoms with E-state index in [0.717, 1.165) is 16.7 Å². The fourth-order valence-electron chi connectivity index (χ4n) is 2.01. The Morgan fingerprint density at radius 1 is 1.29 bits per heavy atom. The first-order valence-corrected chi connectivity index (χ1v) is 10.3. The molecule has 1 fully saturated rings. The van der Waals surface area contributed by atoms with E-state index in [2.05, 4.69) is 19.2 Å². The van der Waals surface area contributed by atoms with Crippen molar-refractivity contribution in [3.05, 3.63) is 0 Å². The van der Waals surface area contributed by atoms with E-state index in [-0.39, 0.29) is 6.54 Å². The Kier molecular flexibility index (Phi) is 10.9. The van der Waals surface area contributed by atoms with Crippen molar-refractivity contribution in [3.8, 4) is 0 Å². The van der Waals surface area contributed by atoms with Crippen LogP contribution in [0.1, 0.15) is 48.0 Å². The van der Waals surface area contributed by atoms with E-state index >= 15 is 0 Å². The van der Waals surface area contributed by atoms with Crippen molar-refractivity contribution in [1.29, 1.82) is 0 Å². The Labute approximate surface area is 171 Å². The molecule has 0 aromatic heterocycles. The summed E-state index contributed by atoms with van der Waals surface area (Å²) in [5.74, 6) is -1.55. The lowest BCUT2D eigenvalue weighted by Crippen LogP contribution is -2.50. The number of rotatable bonds is 5. The molecule has 28 heavy (non-hydrogen) atoms. The zero-order valence-electron chi connectivity index (χ0n) is 17.8. The summed E-state index contributed by atoms with van der Waals surface area (Å²) in [7, 11) is 1.43. The Balaban J connectivity index is 0.00000227. The predicted molar refractivity (Wildman–Crippen MR) is 108 cm³/mol. The van der Waals surface area contributed by atoms with E-state index in [9.17, 15) is 19.2 Å². The van der Waals surface area contributed by atoms with Crippen molar-refractivity contribution >= 4 is 35.6 Å². The van der Waals surface area contributed by atoms with Gasteiger partial charge in [0.2, 0.25) is 11.8 Å². The second-order valence-corrected chi connectivity index (χ2v) is 8.53. The molecular weight excluding hydrogens is 386 g/mol. The molecule has 0 aromatic carbocycles. The van der Waals surface area contributed by atoms with Crippen LogP contribution in [0.2, 0.25) is 0 Å². The summed E-state index contributed by atoms with van der Waals surface area (Å²) in [6, 6.07) is -0.842. The number of ether oxygens (including phenoxy) is 1. The van der Waals surface area contributed by atoms with E-state index in [4.69, 9.17) is 9.84 Å². The Morgan fingerprint density at radius 2 is 1.82 bits per heavy atom. The molecule has 1 aliphatic heterocycles. The van der Waals surface area contributed by atoms with Crippen LogP contribution in [0.5, 0.6) is 0 Å². The largest absolute Gasteiger partial charge is 0.479 e. The number of carbonyl (C=O) groups excluding carboxylic acids is 3. The van der Waals surface area contributed by atoms with E-state index in [1.807, 2.05) is 0 Å². The number of hydrogen-bond donors (Lipinski definition) is 2. The number of carboxylic acids is 1. The quantitative estimate of drug-likeness (QED) is 0.697. The van der Waals surface area contributed by atoms with Gasteiger partial charge in [-0.1, -0.05) is 20.3 Å². The lowest BCUT2D eigenvalue weighted by Gasteiger charge is -2.28. The number of nitrogens with one attached hydrogen (secondary N) is 1. The fraction of sp³-hybridized carbons (Fsp3) is 0.778. The lowest BCUT2D eigenvalue weighted by molar-refractivity contribution is -0.145. The molecule has 2 unspecified atom stereocenters. The molecule has 0 aromatic rings. The van der Waals surface area contributed by atoms with Gasteiger partial charge < -0.3 is 20.1 Å². The second kappa shape index (κ2) is 11.8. The Bertz CT molecular complexity index is 564. The zero-order valence-corrected chi connectivity index (χ0v) is 18.6. The van der Waals surface area contributed by atoms with Crippen molar-refractivity contribution in [2.45, 2.75) is 65.0 Å². The average molecular weight is 420 g/mol. The van der Waals surface area contributed by atoms with Crippen molar-refractivity contribution in [1.82, 2.24) is 15.1 Å². The minimum Gasteiger partial charge on any atom is -0.479 e. The van der Waals surface area contributed by atoms with Crippen LogP contribution in [-0.4, -0.2) is 81.7 Å². The first-order chi connectivity index (χ1) is 12.9. The van der Waals surface area contributed by atoms with Gasteiger partial charge >= 0.3 is 12.1 Å². The summed E-state index contributed by atoms with van der Waals surface area (Å²) in [5, 5.41) is 10.6. The molecule has 1 saturated heterocycles. The van der Waals surface area contributed by atoms with Crippen LogP contribution in [0.4, 0.5) is 4.79 Å². The number of nitrogens with zero attached hydrogens (tertiary/aromatic N) is 2. The molecular formula is C18H33N3O6S. The van der Waals surface area contributed by atoms with Crippen LogP contribution >= 0.6 is 11.8 Å². The Hall–Kier alpha value is -1.97. The number of amides is 3. The van der Waals surface area contributed by atoms with Crippen LogP contribution in [0.25, 0.3) is 0 Å². The molecule has 9 nitrogen and oxygen atoms in total. The molecule has 3 amide bonds. The predicted octanol–water partition coefficient (Wildman–Crippen LogP) is 1.76. The molecule has 0 saturated carbocycles. The number of aliphatic carboxylic acids is 1. The van der Waals surface area contributed by atoms with Crippen LogP contribution in [0.3, 0.4) is 0 Å². The minimum atomic E-state index is -1.08. The summed E-state index contributed by atoms with van der Waals surface area (Å²) in [6.45, 7) is 10.9. The van der Waals surface area contributed by atoms with Crippen LogP contribution < -0.4 is 5.32 Å². The van der Waals surface area contributed by atoms with E-state index in [1.165, 1.54) is 25.3 Å². The first-order valence-electron chi connectivity index (χ1n) is 9.23. The highest BCUT2D eigenvalue weighted by atomic mass is 32.2. The topological polar surface area (TPSA) is 116 Å². The van der Waals surface area contributed by atoms with Crippen molar-refractivity contribution in [2.75, 3.05) is 25.9 Å². The summed E-state index contributed by atoms with van der Waals surface area (Å²) in [4.78, 5) is 49.6. The molecule has 0 radical (unpaired) electrons. The van der Waals surface area contributed by atoms with E-state index < -0.39 is 40.9 Å². The van der Waals surface area contributed by atoms with Gasteiger partial charge in [0.1, 0.15) is 11.6 Å². The third kappa shape index (κ3) is 8.81. The fourth-order valence-corrected chi connectivity index (χ4v) is 3.08. The molecule has 0 aliphatic carbocycles. The van der Waals surface area contributed by atoms with Gasteiger partial charge in [-0.3, -0.25) is 14.5 Å². The highest BCUT2D eigenvalue weighted by molar-refractivity contribution is 8.00. The standard InChI is InChI=1S/C15H25N3O6S.C3H8/c1-9(17(5)14(23)24-15(2,3)4)11(20)16-8-10(19)18-6-7-25-12(18)13(21)22;1-3-2/h9,12H,6-8H2,1-5H3,(H,16,20)(H,21,22);3H2,1-2H3. The maximum atomic E-state index is 12.1. The van der Waals surface area contributed by atoms with Gasteiger partial charge in [0.15, 0.2) is 5.37 Å². The monoisotopic (exact) mass is 419 g/mol. The Morgan fingerprint density at radius 3 is 2.29 bits per heavy atom. The molecule has 1 rings (SSSR count). The van der Waals surface area contributed by atoms with Crippen LogP contribution in [0, 0.1) is 0 Å². The summed E-state index contributed by atoms with van der Waals surface area (Å²) < 4.78 is 5.18. The maximum Gasteiger partial charge on any atom is 0.410 e. The second-order valence-electron chi connectivity index (χ2n) is 7.34. The normalized spacial score (nSPS) is 17.1. The minimum absolute atomic E-state index is 0.323. The third-order valence-electron chi connectivity index (χ3n) is 3.48. The smallest absolute Gasteiger partial charge is 0.410 e. The SMILES string of the molecule is CC(C(=O)NCC(=O)N1CCSC1C(=O)O)N(C)C(=O)OC(C)(C)C.CCC. The first kappa shape index (κ1) is 26.0. The molecule has 2 N–H and O–H groups in total. The van der Waals surface area contributed by atoms with Crippen molar-refractivity contribution in [2.24, 2.45) is 0 Å². The summed E-state index contributed by atoms with van der Waals surface area (Å²) in [6.07, 6.45) is 0.600. The van der Waals surface area contributed by atoms with Gasteiger partial charge in [0.05, 0.1) is 6.54 Å².